The van der Waals surface area contributed by atoms with Gasteiger partial charge < -0.3 is 10.6 Å². The number of carbonyl (C=O) groups excluding carboxylic acids is 2. The Bertz CT molecular complexity index is 314. The van der Waals surface area contributed by atoms with E-state index in [4.69, 9.17) is 0 Å². The van der Waals surface area contributed by atoms with Gasteiger partial charge in [-0.1, -0.05) is 20.8 Å². The molecule has 3 amide bonds. The molecule has 20 heavy (non-hydrogen) atoms. The van der Waals surface area contributed by atoms with Gasteiger partial charge in [-0.2, -0.15) is 0 Å². The highest BCUT2D eigenvalue weighted by Gasteiger charge is 2.19. The molecule has 0 spiro atoms. The summed E-state index contributed by atoms with van der Waals surface area (Å²) in [5.74, 6) is 0.127. The number of urea groups is 1. The topological polar surface area (TPSA) is 73.5 Å². The minimum Gasteiger partial charge on any atom is -0.338 e. The molecule has 1 rings (SSSR count). The average Bonchev–Trinajstić information content (AvgIpc) is 2.88. The van der Waals surface area contributed by atoms with Crippen LogP contribution in [0.25, 0.3) is 0 Å². The molecule has 1 aliphatic heterocycles. The van der Waals surface area contributed by atoms with Crippen LogP contribution in [0.15, 0.2) is 0 Å². The number of likely N-dealkylation sites (N-methyl/N-ethyl adjacent to an activating group) is 1. The van der Waals surface area contributed by atoms with E-state index in [0.717, 1.165) is 26.1 Å². The summed E-state index contributed by atoms with van der Waals surface area (Å²) in [6.45, 7) is 9.61. The number of nitrogens with one attached hydrogen (secondary N) is 3. The summed E-state index contributed by atoms with van der Waals surface area (Å²) in [6, 6.07) is 0.0660. The molecule has 0 saturated carbocycles. The van der Waals surface area contributed by atoms with Crippen molar-refractivity contribution < 1.29 is 9.59 Å². The van der Waals surface area contributed by atoms with Gasteiger partial charge in [0.25, 0.3) is 0 Å². The van der Waals surface area contributed by atoms with Crippen molar-refractivity contribution >= 4 is 11.9 Å². The van der Waals surface area contributed by atoms with Crippen molar-refractivity contribution in [1.82, 2.24) is 20.9 Å². The lowest BCUT2D eigenvalue weighted by atomic mass is 10.2. The second-order valence-corrected chi connectivity index (χ2v) is 5.77. The first kappa shape index (κ1) is 16.9. The number of hydrogen-bond donors (Lipinski definition) is 3. The largest absolute Gasteiger partial charge is 0.338 e. The molecule has 0 radical (unpaired) electrons. The lowest BCUT2D eigenvalue weighted by molar-refractivity contribution is -0.121. The highest BCUT2D eigenvalue weighted by Crippen LogP contribution is 2.06. The van der Waals surface area contributed by atoms with Crippen molar-refractivity contribution in [2.24, 2.45) is 5.92 Å². The maximum atomic E-state index is 11.8. The molecule has 1 aliphatic rings. The first-order valence-electron chi connectivity index (χ1n) is 7.54. The third-order valence-corrected chi connectivity index (χ3v) is 3.38. The van der Waals surface area contributed by atoms with E-state index in [-0.39, 0.29) is 12.5 Å². The first-order chi connectivity index (χ1) is 9.51. The number of hydrogen-bond acceptors (Lipinski definition) is 4. The Balaban J connectivity index is 2.25. The van der Waals surface area contributed by atoms with Gasteiger partial charge in [0.15, 0.2) is 0 Å². The van der Waals surface area contributed by atoms with Crippen molar-refractivity contribution in [1.29, 1.82) is 0 Å². The molecule has 0 aliphatic carbocycles. The molecule has 6 heteroatoms. The summed E-state index contributed by atoms with van der Waals surface area (Å²) in [6.07, 6.45) is 2.36. The Morgan fingerprint density at radius 2 is 2.15 bits per heavy atom. The zero-order valence-corrected chi connectivity index (χ0v) is 12.9. The van der Waals surface area contributed by atoms with Crippen LogP contribution < -0.4 is 16.0 Å². The van der Waals surface area contributed by atoms with E-state index in [9.17, 15) is 9.59 Å². The molecular weight excluding hydrogens is 256 g/mol. The fourth-order valence-electron chi connectivity index (χ4n) is 2.24. The standard InChI is InChI=1S/C14H28N4O2/c1-4-18(9-12-6-5-7-15-12)10-13(19)17-14(20)16-8-11(2)3/h11-12,15H,4-10H2,1-3H3,(H2,16,17,19,20). The van der Waals surface area contributed by atoms with E-state index in [0.29, 0.717) is 18.5 Å². The van der Waals surface area contributed by atoms with Gasteiger partial charge in [-0.25, -0.2) is 4.79 Å². The third kappa shape index (κ3) is 6.86. The molecule has 0 bridgehead atoms. The number of amides is 3. The van der Waals surface area contributed by atoms with Crippen molar-refractivity contribution in [2.45, 2.75) is 39.7 Å². The second kappa shape index (κ2) is 8.92. The molecular formula is C14H28N4O2. The second-order valence-electron chi connectivity index (χ2n) is 5.77. The van der Waals surface area contributed by atoms with Crippen molar-refractivity contribution in [3.63, 3.8) is 0 Å². The number of rotatable bonds is 7. The van der Waals surface area contributed by atoms with Crippen molar-refractivity contribution in [3.05, 3.63) is 0 Å². The Labute approximate surface area is 121 Å². The van der Waals surface area contributed by atoms with E-state index < -0.39 is 6.03 Å². The first-order valence-corrected chi connectivity index (χ1v) is 7.54. The maximum absolute atomic E-state index is 11.8. The number of imide groups is 1. The minimum absolute atomic E-state index is 0.244. The lowest BCUT2D eigenvalue weighted by Crippen LogP contribution is -2.47. The molecule has 1 unspecified atom stereocenters. The molecule has 0 aromatic rings. The monoisotopic (exact) mass is 284 g/mol. The Kier molecular flexibility index (Phi) is 7.54. The van der Waals surface area contributed by atoms with Crippen molar-refractivity contribution in [3.8, 4) is 0 Å². The predicted molar refractivity (Wildman–Crippen MR) is 79.5 cm³/mol. The predicted octanol–water partition coefficient (Wildman–Crippen LogP) is 0.542. The summed E-state index contributed by atoms with van der Waals surface area (Å²) in [5, 5.41) is 8.47. The molecule has 1 fully saturated rings. The quantitative estimate of drug-likeness (QED) is 0.638. The smallest absolute Gasteiger partial charge is 0.321 e. The van der Waals surface area contributed by atoms with E-state index in [1.807, 2.05) is 20.8 Å². The van der Waals surface area contributed by atoms with Crippen LogP contribution >= 0.6 is 0 Å². The maximum Gasteiger partial charge on any atom is 0.321 e. The van der Waals surface area contributed by atoms with Crippen LogP contribution in [0.2, 0.25) is 0 Å². The molecule has 1 atom stereocenters. The Hall–Kier alpha value is -1.14. The average molecular weight is 284 g/mol. The van der Waals surface area contributed by atoms with Crippen LogP contribution in [0.3, 0.4) is 0 Å². The van der Waals surface area contributed by atoms with Gasteiger partial charge >= 0.3 is 6.03 Å². The molecule has 1 heterocycles. The highest BCUT2D eigenvalue weighted by molar-refractivity contribution is 5.95. The van der Waals surface area contributed by atoms with Crippen LogP contribution in [0, 0.1) is 5.92 Å². The summed E-state index contributed by atoms with van der Waals surface area (Å²) in [4.78, 5) is 25.4. The number of nitrogens with zero attached hydrogens (tertiary/aromatic N) is 1. The zero-order valence-electron chi connectivity index (χ0n) is 12.9. The third-order valence-electron chi connectivity index (χ3n) is 3.38. The van der Waals surface area contributed by atoms with E-state index in [2.05, 4.69) is 20.9 Å². The fraction of sp³-hybridized carbons (Fsp3) is 0.857. The van der Waals surface area contributed by atoms with Crippen LogP contribution in [0.5, 0.6) is 0 Å². The molecule has 0 aromatic heterocycles. The minimum atomic E-state index is -0.404. The lowest BCUT2D eigenvalue weighted by Gasteiger charge is -2.23. The SMILES string of the molecule is CCN(CC(=O)NC(=O)NCC(C)C)CC1CCCN1. The van der Waals surface area contributed by atoms with Gasteiger partial charge in [0.1, 0.15) is 0 Å². The van der Waals surface area contributed by atoms with Crippen LogP contribution in [-0.4, -0.2) is 55.6 Å². The van der Waals surface area contributed by atoms with Crippen LogP contribution in [0.4, 0.5) is 4.79 Å². The van der Waals surface area contributed by atoms with Crippen LogP contribution in [-0.2, 0) is 4.79 Å². The van der Waals surface area contributed by atoms with Gasteiger partial charge in [-0.3, -0.25) is 15.0 Å². The highest BCUT2D eigenvalue weighted by atomic mass is 16.2. The van der Waals surface area contributed by atoms with Gasteiger partial charge in [-0.15, -0.1) is 0 Å². The van der Waals surface area contributed by atoms with Crippen molar-refractivity contribution in [2.75, 3.05) is 32.7 Å². The molecule has 116 valence electrons. The normalized spacial score (nSPS) is 18.6. The van der Waals surface area contributed by atoms with Gasteiger partial charge in [0, 0.05) is 19.1 Å². The molecule has 3 N–H and O–H groups in total. The van der Waals surface area contributed by atoms with E-state index >= 15 is 0 Å². The molecule has 0 aromatic carbocycles. The van der Waals surface area contributed by atoms with Gasteiger partial charge in [0.2, 0.25) is 5.91 Å². The van der Waals surface area contributed by atoms with Gasteiger partial charge in [-0.05, 0) is 31.8 Å². The fourth-order valence-corrected chi connectivity index (χ4v) is 2.24. The summed E-state index contributed by atoms with van der Waals surface area (Å²) >= 11 is 0. The summed E-state index contributed by atoms with van der Waals surface area (Å²) in [7, 11) is 0. The van der Waals surface area contributed by atoms with E-state index in [1.165, 1.54) is 6.42 Å². The Morgan fingerprint density at radius 1 is 1.40 bits per heavy atom. The zero-order chi connectivity index (χ0) is 15.0. The summed E-state index contributed by atoms with van der Waals surface area (Å²) in [5.41, 5.74) is 0. The molecule has 1 saturated heterocycles. The summed E-state index contributed by atoms with van der Waals surface area (Å²) < 4.78 is 0. The Morgan fingerprint density at radius 3 is 2.70 bits per heavy atom. The molecule has 6 nitrogen and oxygen atoms in total. The number of carbonyl (C=O) groups is 2. The van der Waals surface area contributed by atoms with Gasteiger partial charge in [0.05, 0.1) is 6.54 Å². The van der Waals surface area contributed by atoms with E-state index in [1.54, 1.807) is 0 Å². The van der Waals surface area contributed by atoms with Crippen LogP contribution in [0.1, 0.15) is 33.6 Å².